The number of fused-ring (bicyclic) bond motifs is 1. The van der Waals surface area contributed by atoms with Gasteiger partial charge in [0.15, 0.2) is 0 Å². The molecule has 1 aromatic carbocycles. The van der Waals surface area contributed by atoms with Crippen LogP contribution in [0.2, 0.25) is 0 Å². The summed E-state index contributed by atoms with van der Waals surface area (Å²) in [5.74, 6) is 0.483. The molecule has 2 aromatic rings. The van der Waals surface area contributed by atoms with Gasteiger partial charge in [0.25, 0.3) is 5.56 Å². The van der Waals surface area contributed by atoms with Gasteiger partial charge in [-0.15, -0.1) is 0 Å². The van der Waals surface area contributed by atoms with Crippen molar-refractivity contribution in [2.45, 2.75) is 79.9 Å². The first kappa shape index (κ1) is 24.6. The number of phenols is 1. The minimum Gasteiger partial charge on any atom is -0.508 e. The summed E-state index contributed by atoms with van der Waals surface area (Å²) < 4.78 is 7.80. The van der Waals surface area contributed by atoms with Gasteiger partial charge in [-0.05, 0) is 50.8 Å². The highest BCUT2D eigenvalue weighted by atomic mass is 16.5. The number of pyridine rings is 1. The lowest BCUT2D eigenvalue weighted by molar-refractivity contribution is 0.0924. The Morgan fingerprint density at radius 1 is 1.13 bits per heavy atom. The van der Waals surface area contributed by atoms with Crippen LogP contribution in [-0.4, -0.2) is 37.9 Å². The van der Waals surface area contributed by atoms with E-state index in [-0.39, 0.29) is 23.3 Å². The second-order valence-corrected chi connectivity index (χ2v) is 10.2. The van der Waals surface area contributed by atoms with Crippen LogP contribution in [0, 0.1) is 5.41 Å². The molecule has 0 bridgehead atoms. The van der Waals surface area contributed by atoms with Gasteiger partial charge < -0.3 is 19.5 Å². The molecule has 1 amide bonds. The Balaban J connectivity index is 2.87. The van der Waals surface area contributed by atoms with Crippen LogP contribution >= 0.6 is 0 Å². The lowest BCUT2D eigenvalue weighted by Crippen LogP contribution is -2.45. The van der Waals surface area contributed by atoms with E-state index in [1.54, 1.807) is 10.6 Å². The van der Waals surface area contributed by atoms with Gasteiger partial charge in [0, 0.05) is 17.5 Å². The topological polar surface area (TPSA) is 92.0 Å². The molecule has 2 N–H and O–H groups in total. The summed E-state index contributed by atoms with van der Waals surface area (Å²) in [4.78, 5) is 26.9. The van der Waals surface area contributed by atoms with Crippen molar-refractivity contribution in [3.8, 4) is 11.5 Å². The molecule has 0 atom stereocenters. The van der Waals surface area contributed by atoms with Gasteiger partial charge in [-0.2, -0.15) is 0 Å². The Hall–Kier alpha value is -2.70. The van der Waals surface area contributed by atoms with Crippen molar-refractivity contribution in [2.75, 3.05) is 6.61 Å². The fourth-order valence-corrected chi connectivity index (χ4v) is 3.47. The average molecular weight is 433 g/mol. The highest BCUT2D eigenvalue weighted by Gasteiger charge is 2.30. The molecule has 0 saturated carbocycles. The predicted molar refractivity (Wildman–Crippen MR) is 123 cm³/mol. The molecule has 0 aliphatic heterocycles. The van der Waals surface area contributed by atoms with Gasteiger partial charge in [0.05, 0.1) is 24.2 Å². The number of carbonyl (C=O) groups is 1. The van der Waals surface area contributed by atoms with Crippen LogP contribution in [0.3, 0.4) is 0 Å². The molecule has 31 heavy (non-hydrogen) atoms. The highest BCUT2D eigenvalue weighted by molar-refractivity contribution is 5.89. The molecule has 172 valence electrons. The molecule has 0 aliphatic rings. The number of benzene rings is 1. The van der Waals surface area contributed by atoms with Crippen LogP contribution in [0.5, 0.6) is 11.5 Å². The number of aromatic hydroxyl groups is 1. The van der Waals surface area contributed by atoms with E-state index in [4.69, 9.17) is 4.74 Å². The molecular formula is C24H36N2O5. The number of unbranched alkanes of at least 4 members (excludes halogenated alkanes) is 1. The van der Waals surface area contributed by atoms with Crippen molar-refractivity contribution in [2.24, 2.45) is 5.41 Å². The molecule has 2 rings (SSSR count). The Kier molecular flexibility index (Phi) is 7.29. The van der Waals surface area contributed by atoms with Crippen molar-refractivity contribution in [3.05, 3.63) is 34.2 Å². The summed E-state index contributed by atoms with van der Waals surface area (Å²) in [5, 5.41) is 20.9. The maximum Gasteiger partial charge on any atom is 0.408 e. The normalized spacial score (nSPS) is 12.2. The van der Waals surface area contributed by atoms with Crippen LogP contribution in [0.4, 0.5) is 4.79 Å². The zero-order valence-electron chi connectivity index (χ0n) is 19.8. The molecular weight excluding hydrogens is 396 g/mol. The summed E-state index contributed by atoms with van der Waals surface area (Å²) in [6, 6.07) is 4.60. The quantitative estimate of drug-likeness (QED) is 0.586. The third-order valence-electron chi connectivity index (χ3n) is 5.04. The second kappa shape index (κ2) is 9.20. The number of hydrogen-bond donors (Lipinski definition) is 2. The molecule has 7 nitrogen and oxygen atoms in total. The minimum absolute atomic E-state index is 0.00277. The lowest BCUT2D eigenvalue weighted by atomic mass is 9.96. The smallest absolute Gasteiger partial charge is 0.408 e. The molecule has 7 heteroatoms. The number of aromatic nitrogens is 1. The fraction of sp³-hybridized carbons (Fsp3) is 0.583. The van der Waals surface area contributed by atoms with E-state index in [1.165, 1.54) is 17.0 Å². The molecule has 0 unspecified atom stereocenters. The first-order chi connectivity index (χ1) is 14.3. The Morgan fingerprint density at radius 3 is 2.29 bits per heavy atom. The number of carboxylic acid groups (broad SMARTS) is 1. The monoisotopic (exact) mass is 432 g/mol. The van der Waals surface area contributed by atoms with Crippen molar-refractivity contribution in [1.29, 1.82) is 0 Å². The standard InChI is InChI=1S/C24H36N2O5/c1-8-9-12-31-20-18-13-16(27)10-11-17(18)21(28)25(15-23(2,3)4)19(20)14-26(22(29)30)24(5,6)7/h10-11,13,27H,8-9,12,14-15H2,1-7H3,(H,29,30). The summed E-state index contributed by atoms with van der Waals surface area (Å²) in [5.41, 5.74) is -0.615. The van der Waals surface area contributed by atoms with Gasteiger partial charge in [-0.25, -0.2) is 4.79 Å². The SMILES string of the molecule is CCCCOc1c(CN(C(=O)O)C(C)(C)C)n(CC(C)(C)C)c(=O)c2ccc(O)cc12. The molecule has 1 heterocycles. The number of amides is 1. The van der Waals surface area contributed by atoms with Crippen LogP contribution in [0.25, 0.3) is 10.8 Å². The fourth-order valence-electron chi connectivity index (χ4n) is 3.47. The van der Waals surface area contributed by atoms with Crippen molar-refractivity contribution in [3.63, 3.8) is 0 Å². The van der Waals surface area contributed by atoms with Crippen LogP contribution in [0.15, 0.2) is 23.0 Å². The first-order valence-corrected chi connectivity index (χ1v) is 10.8. The summed E-state index contributed by atoms with van der Waals surface area (Å²) >= 11 is 0. The average Bonchev–Trinajstić information content (AvgIpc) is 2.62. The molecule has 1 aromatic heterocycles. The van der Waals surface area contributed by atoms with Gasteiger partial charge in [-0.3, -0.25) is 9.69 Å². The van der Waals surface area contributed by atoms with Crippen LogP contribution in [-0.2, 0) is 13.1 Å². The van der Waals surface area contributed by atoms with Gasteiger partial charge in [0.2, 0.25) is 0 Å². The Bertz CT molecular complexity index is 996. The third kappa shape index (κ3) is 5.93. The number of nitrogens with zero attached hydrogens (tertiary/aromatic N) is 2. The maximum atomic E-state index is 13.5. The van der Waals surface area contributed by atoms with E-state index in [0.29, 0.717) is 35.4 Å². The van der Waals surface area contributed by atoms with E-state index < -0.39 is 11.6 Å². The third-order valence-corrected chi connectivity index (χ3v) is 5.04. The molecule has 0 spiro atoms. The Labute approximate surface area is 184 Å². The first-order valence-electron chi connectivity index (χ1n) is 10.8. The number of ether oxygens (including phenoxy) is 1. The van der Waals surface area contributed by atoms with Crippen molar-refractivity contribution < 1.29 is 19.7 Å². The van der Waals surface area contributed by atoms with E-state index in [2.05, 4.69) is 6.92 Å². The zero-order chi connectivity index (χ0) is 23.6. The van der Waals surface area contributed by atoms with Crippen LogP contribution in [0.1, 0.15) is 67.0 Å². The van der Waals surface area contributed by atoms with Crippen LogP contribution < -0.4 is 10.3 Å². The van der Waals surface area contributed by atoms with Crippen molar-refractivity contribution in [1.82, 2.24) is 9.47 Å². The Morgan fingerprint density at radius 2 is 1.77 bits per heavy atom. The molecule has 0 radical (unpaired) electrons. The predicted octanol–water partition coefficient (Wildman–Crippen LogP) is 5.21. The minimum atomic E-state index is -1.07. The molecule has 0 saturated heterocycles. The number of phenolic OH excluding ortho intramolecular Hbond substituents is 1. The molecule has 0 fully saturated rings. The van der Waals surface area contributed by atoms with Gasteiger partial charge >= 0.3 is 6.09 Å². The highest BCUT2D eigenvalue weighted by Crippen LogP contribution is 2.34. The molecule has 0 aliphatic carbocycles. The maximum absolute atomic E-state index is 13.5. The van der Waals surface area contributed by atoms with Gasteiger partial charge in [0.1, 0.15) is 11.5 Å². The van der Waals surface area contributed by atoms with E-state index >= 15 is 0 Å². The summed E-state index contributed by atoms with van der Waals surface area (Å²) in [7, 11) is 0. The summed E-state index contributed by atoms with van der Waals surface area (Å²) in [6.45, 7) is 14.4. The van der Waals surface area contributed by atoms with Crippen molar-refractivity contribution >= 4 is 16.9 Å². The largest absolute Gasteiger partial charge is 0.508 e. The number of rotatable bonds is 7. The second-order valence-electron chi connectivity index (χ2n) is 10.2. The summed E-state index contributed by atoms with van der Waals surface area (Å²) in [6.07, 6.45) is 0.682. The van der Waals surface area contributed by atoms with E-state index in [9.17, 15) is 19.8 Å². The number of hydrogen-bond acceptors (Lipinski definition) is 4. The van der Waals surface area contributed by atoms with Gasteiger partial charge in [-0.1, -0.05) is 34.1 Å². The zero-order valence-corrected chi connectivity index (χ0v) is 19.8. The lowest BCUT2D eigenvalue weighted by Gasteiger charge is -2.35. The van der Waals surface area contributed by atoms with E-state index in [1.807, 2.05) is 41.5 Å². The van der Waals surface area contributed by atoms with E-state index in [0.717, 1.165) is 12.8 Å².